The van der Waals surface area contributed by atoms with Crippen molar-refractivity contribution in [1.29, 1.82) is 0 Å². The van der Waals surface area contributed by atoms with Gasteiger partial charge in [-0.1, -0.05) is 29.8 Å². The number of piperidine rings is 1. The van der Waals surface area contributed by atoms with Crippen molar-refractivity contribution in [2.24, 2.45) is 5.41 Å². The van der Waals surface area contributed by atoms with E-state index in [1.54, 1.807) is 6.20 Å². The van der Waals surface area contributed by atoms with E-state index in [1.165, 1.54) is 24.0 Å². The fourth-order valence-corrected chi connectivity index (χ4v) is 4.84. The van der Waals surface area contributed by atoms with Crippen LogP contribution in [0.3, 0.4) is 0 Å². The van der Waals surface area contributed by atoms with Gasteiger partial charge in [-0.25, -0.2) is 0 Å². The molecule has 2 saturated heterocycles. The minimum Gasteiger partial charge on any atom is -0.338 e. The normalized spacial score (nSPS) is 23.1. The van der Waals surface area contributed by atoms with Crippen molar-refractivity contribution in [3.63, 3.8) is 0 Å². The topological polar surface area (TPSA) is 36.4 Å². The third-order valence-corrected chi connectivity index (χ3v) is 6.19. The number of rotatable bonds is 3. The molecule has 4 heteroatoms. The van der Waals surface area contributed by atoms with Crippen molar-refractivity contribution < 1.29 is 4.79 Å². The van der Waals surface area contributed by atoms with E-state index in [1.807, 2.05) is 19.1 Å². The number of pyridine rings is 1. The lowest BCUT2D eigenvalue weighted by Crippen LogP contribution is -2.45. The molecule has 2 aliphatic rings. The first kappa shape index (κ1) is 18.2. The van der Waals surface area contributed by atoms with Gasteiger partial charge in [-0.3, -0.25) is 14.7 Å². The molecule has 1 aromatic carbocycles. The first-order chi connectivity index (χ1) is 13.0. The molecule has 1 spiro atoms. The van der Waals surface area contributed by atoms with E-state index < -0.39 is 0 Å². The Morgan fingerprint density at radius 3 is 2.81 bits per heavy atom. The van der Waals surface area contributed by atoms with Crippen LogP contribution in [0.25, 0.3) is 0 Å². The monoisotopic (exact) mass is 363 g/mol. The highest BCUT2D eigenvalue weighted by Crippen LogP contribution is 2.39. The lowest BCUT2D eigenvalue weighted by Gasteiger charge is -2.40. The van der Waals surface area contributed by atoms with Crippen molar-refractivity contribution in [3.05, 3.63) is 65.0 Å². The summed E-state index contributed by atoms with van der Waals surface area (Å²) in [5.74, 6) is 0.147. The maximum atomic E-state index is 13.0. The summed E-state index contributed by atoms with van der Waals surface area (Å²) in [6.07, 6.45) is 5.32. The van der Waals surface area contributed by atoms with E-state index in [0.29, 0.717) is 0 Å². The van der Waals surface area contributed by atoms with Crippen LogP contribution in [-0.4, -0.2) is 46.9 Å². The molecule has 2 fully saturated rings. The SMILES string of the molecule is Cc1cccc(CN2CCC[C@@]3(CCN(C(=O)c4cccnc4C)C3)C2)c1. The zero-order valence-corrected chi connectivity index (χ0v) is 16.4. The number of nitrogens with zero attached hydrogens (tertiary/aromatic N) is 3. The molecule has 0 radical (unpaired) electrons. The number of benzene rings is 1. The number of aryl methyl sites for hydroxylation is 2. The Kier molecular flexibility index (Phi) is 5.00. The molecule has 0 bridgehead atoms. The first-order valence-corrected chi connectivity index (χ1v) is 10.0. The Hall–Kier alpha value is -2.20. The van der Waals surface area contributed by atoms with E-state index in [2.05, 4.69) is 46.0 Å². The molecule has 2 aliphatic heterocycles. The maximum Gasteiger partial charge on any atom is 0.255 e. The van der Waals surface area contributed by atoms with E-state index in [-0.39, 0.29) is 11.3 Å². The zero-order chi connectivity index (χ0) is 18.9. The number of hydrogen-bond acceptors (Lipinski definition) is 3. The van der Waals surface area contributed by atoms with Crippen molar-refractivity contribution in [3.8, 4) is 0 Å². The van der Waals surface area contributed by atoms with Gasteiger partial charge in [0.1, 0.15) is 0 Å². The molecule has 0 N–H and O–H groups in total. The molecule has 142 valence electrons. The Bertz CT molecular complexity index is 834. The third kappa shape index (κ3) is 3.91. The lowest BCUT2D eigenvalue weighted by atomic mass is 9.79. The van der Waals surface area contributed by atoms with Crippen LogP contribution in [0.5, 0.6) is 0 Å². The van der Waals surface area contributed by atoms with Gasteiger partial charge in [0.2, 0.25) is 0 Å². The highest BCUT2D eigenvalue weighted by molar-refractivity contribution is 5.95. The van der Waals surface area contributed by atoms with Gasteiger partial charge in [0.25, 0.3) is 5.91 Å². The van der Waals surface area contributed by atoms with Gasteiger partial charge in [0, 0.05) is 43.5 Å². The third-order valence-electron chi connectivity index (χ3n) is 6.19. The maximum absolute atomic E-state index is 13.0. The second kappa shape index (κ2) is 7.43. The van der Waals surface area contributed by atoms with E-state index in [0.717, 1.165) is 50.4 Å². The molecule has 27 heavy (non-hydrogen) atoms. The van der Waals surface area contributed by atoms with E-state index >= 15 is 0 Å². The largest absolute Gasteiger partial charge is 0.338 e. The minimum atomic E-state index is 0.147. The second-order valence-corrected chi connectivity index (χ2v) is 8.42. The summed E-state index contributed by atoms with van der Waals surface area (Å²) < 4.78 is 0. The summed E-state index contributed by atoms with van der Waals surface area (Å²) in [7, 11) is 0. The van der Waals surface area contributed by atoms with Gasteiger partial charge in [0.15, 0.2) is 0 Å². The summed E-state index contributed by atoms with van der Waals surface area (Å²) in [5.41, 5.74) is 4.55. The molecule has 0 aliphatic carbocycles. The fraction of sp³-hybridized carbons (Fsp3) is 0.478. The summed E-state index contributed by atoms with van der Waals surface area (Å²) in [5, 5.41) is 0. The molecular weight excluding hydrogens is 334 g/mol. The van der Waals surface area contributed by atoms with Gasteiger partial charge in [-0.05, 0) is 57.4 Å². The van der Waals surface area contributed by atoms with Crippen LogP contribution >= 0.6 is 0 Å². The van der Waals surface area contributed by atoms with Gasteiger partial charge < -0.3 is 4.90 Å². The van der Waals surface area contributed by atoms with Crippen LogP contribution < -0.4 is 0 Å². The van der Waals surface area contributed by atoms with Crippen LogP contribution in [0.15, 0.2) is 42.6 Å². The Morgan fingerprint density at radius 2 is 2.00 bits per heavy atom. The molecule has 1 aromatic heterocycles. The van der Waals surface area contributed by atoms with Crippen molar-refractivity contribution in [1.82, 2.24) is 14.8 Å². The standard InChI is InChI=1S/C23H29N3O/c1-18-6-3-7-20(14-18)15-25-12-5-9-23(16-25)10-13-26(17-23)22(27)21-8-4-11-24-19(21)2/h3-4,6-8,11,14H,5,9-10,12-13,15-17H2,1-2H3/t23-/m1/s1. The van der Waals surface area contributed by atoms with E-state index in [4.69, 9.17) is 0 Å². The van der Waals surface area contributed by atoms with Crippen molar-refractivity contribution in [2.45, 2.75) is 39.7 Å². The Balaban J connectivity index is 1.43. The lowest BCUT2D eigenvalue weighted by molar-refractivity contribution is 0.0674. The molecule has 4 nitrogen and oxygen atoms in total. The van der Waals surface area contributed by atoms with Gasteiger partial charge in [-0.15, -0.1) is 0 Å². The van der Waals surface area contributed by atoms with Gasteiger partial charge >= 0.3 is 0 Å². The average Bonchev–Trinajstić information content (AvgIpc) is 3.05. The fourth-order valence-electron chi connectivity index (χ4n) is 4.84. The Labute approximate surface area is 162 Å². The quantitative estimate of drug-likeness (QED) is 0.832. The van der Waals surface area contributed by atoms with Crippen molar-refractivity contribution in [2.75, 3.05) is 26.2 Å². The molecule has 4 rings (SSSR count). The molecule has 1 amide bonds. The summed E-state index contributed by atoms with van der Waals surface area (Å²) in [4.78, 5) is 21.9. The predicted molar refractivity (Wildman–Crippen MR) is 108 cm³/mol. The van der Waals surface area contributed by atoms with Crippen molar-refractivity contribution >= 4 is 5.91 Å². The molecule has 1 atom stereocenters. The average molecular weight is 364 g/mol. The molecule has 0 unspecified atom stereocenters. The van der Waals surface area contributed by atoms with Crippen LogP contribution in [0.4, 0.5) is 0 Å². The zero-order valence-electron chi connectivity index (χ0n) is 16.4. The number of carbonyl (C=O) groups is 1. The highest BCUT2D eigenvalue weighted by Gasteiger charge is 2.43. The number of likely N-dealkylation sites (tertiary alicyclic amines) is 2. The molecular formula is C23H29N3O. The van der Waals surface area contributed by atoms with Crippen LogP contribution in [0.2, 0.25) is 0 Å². The molecule has 2 aromatic rings. The van der Waals surface area contributed by atoms with Gasteiger partial charge in [-0.2, -0.15) is 0 Å². The summed E-state index contributed by atoms with van der Waals surface area (Å²) in [6.45, 7) is 9.09. The number of aromatic nitrogens is 1. The first-order valence-electron chi connectivity index (χ1n) is 10.0. The number of amides is 1. The Morgan fingerprint density at radius 1 is 1.11 bits per heavy atom. The minimum absolute atomic E-state index is 0.147. The summed E-state index contributed by atoms with van der Waals surface area (Å²) >= 11 is 0. The summed E-state index contributed by atoms with van der Waals surface area (Å²) in [6, 6.07) is 12.6. The second-order valence-electron chi connectivity index (χ2n) is 8.42. The highest BCUT2D eigenvalue weighted by atomic mass is 16.2. The smallest absolute Gasteiger partial charge is 0.255 e. The van der Waals surface area contributed by atoms with E-state index in [9.17, 15) is 4.79 Å². The molecule has 0 saturated carbocycles. The van der Waals surface area contributed by atoms with Gasteiger partial charge in [0.05, 0.1) is 5.56 Å². The van der Waals surface area contributed by atoms with Crippen LogP contribution in [-0.2, 0) is 6.54 Å². The number of carbonyl (C=O) groups excluding carboxylic acids is 1. The van der Waals surface area contributed by atoms with Crippen LogP contribution in [0.1, 0.15) is 46.4 Å². The predicted octanol–water partition coefficient (Wildman–Crippen LogP) is 3.83. The van der Waals surface area contributed by atoms with Crippen LogP contribution in [0, 0.1) is 19.3 Å². The molecule has 3 heterocycles. The number of hydrogen-bond donors (Lipinski definition) is 0.